The SMILES string of the molecule is CC(=O)OCc1cc(-c2cnc(C)nc2)cc2c(C(C)=O)nn(CC(=O)N3[C@H](C(=O)Nc4nc(Br)ccc4C)C[C@@]4(C)C[C@@H]34)c12. The summed E-state index contributed by atoms with van der Waals surface area (Å²) in [5.74, 6) is -0.321. The Kier molecular flexibility index (Phi) is 7.76. The number of carbonyl (C=O) groups is 4. The van der Waals surface area contributed by atoms with Gasteiger partial charge < -0.3 is 15.0 Å². The molecular formula is C32H32BrN7O5. The zero-order valence-electron chi connectivity index (χ0n) is 25.5. The van der Waals surface area contributed by atoms with E-state index >= 15 is 0 Å². The van der Waals surface area contributed by atoms with Gasteiger partial charge >= 0.3 is 5.97 Å². The van der Waals surface area contributed by atoms with Gasteiger partial charge in [0, 0.05) is 48.8 Å². The second-order valence-electron chi connectivity index (χ2n) is 12.1. The smallest absolute Gasteiger partial charge is 0.302 e. The number of ether oxygens (including phenoxy) is 1. The largest absolute Gasteiger partial charge is 0.461 e. The minimum absolute atomic E-state index is 0.0833. The van der Waals surface area contributed by atoms with Crippen molar-refractivity contribution < 1.29 is 23.9 Å². The van der Waals surface area contributed by atoms with Gasteiger partial charge in [0.05, 0.1) is 5.52 Å². The lowest BCUT2D eigenvalue weighted by atomic mass is 10.0. The second-order valence-corrected chi connectivity index (χ2v) is 12.9. The number of likely N-dealkylation sites (tertiary alicyclic amines) is 1. The van der Waals surface area contributed by atoms with E-state index in [-0.39, 0.29) is 47.9 Å². The van der Waals surface area contributed by atoms with Crippen molar-refractivity contribution in [2.24, 2.45) is 5.41 Å². The lowest BCUT2D eigenvalue weighted by molar-refractivity contribution is -0.142. The number of halogens is 1. The maximum atomic E-state index is 14.1. The molecule has 6 rings (SSSR count). The number of nitrogens with one attached hydrogen (secondary N) is 1. The molecule has 4 heterocycles. The fourth-order valence-corrected chi connectivity index (χ4v) is 6.49. The number of carbonyl (C=O) groups excluding carboxylic acids is 4. The van der Waals surface area contributed by atoms with E-state index in [1.807, 2.05) is 25.1 Å². The van der Waals surface area contributed by atoms with Crippen LogP contribution in [0.4, 0.5) is 5.82 Å². The van der Waals surface area contributed by atoms with Crippen LogP contribution in [0.25, 0.3) is 22.0 Å². The molecule has 2 fully saturated rings. The van der Waals surface area contributed by atoms with Crippen molar-refractivity contribution >= 4 is 56.2 Å². The van der Waals surface area contributed by atoms with Crippen molar-refractivity contribution in [2.75, 3.05) is 5.32 Å². The molecule has 45 heavy (non-hydrogen) atoms. The van der Waals surface area contributed by atoms with E-state index < -0.39 is 12.0 Å². The van der Waals surface area contributed by atoms with E-state index in [0.29, 0.717) is 50.3 Å². The quantitative estimate of drug-likeness (QED) is 0.161. The molecule has 232 valence electrons. The molecule has 2 aliphatic rings. The first kappa shape index (κ1) is 30.5. The predicted octanol–water partition coefficient (Wildman–Crippen LogP) is 4.55. The van der Waals surface area contributed by atoms with Crippen LogP contribution in [0.1, 0.15) is 61.1 Å². The van der Waals surface area contributed by atoms with Crippen molar-refractivity contribution in [3.63, 3.8) is 0 Å². The maximum Gasteiger partial charge on any atom is 0.302 e. The van der Waals surface area contributed by atoms with Gasteiger partial charge in [0.25, 0.3) is 0 Å². The average Bonchev–Trinajstić information content (AvgIpc) is 3.34. The number of fused-ring (bicyclic) bond motifs is 2. The molecule has 1 N–H and O–H groups in total. The third kappa shape index (κ3) is 5.84. The number of ketones is 1. The maximum absolute atomic E-state index is 14.1. The molecule has 2 amide bonds. The lowest BCUT2D eigenvalue weighted by Gasteiger charge is -2.27. The Hall–Kier alpha value is -4.52. The van der Waals surface area contributed by atoms with Crippen LogP contribution in [0.2, 0.25) is 0 Å². The summed E-state index contributed by atoms with van der Waals surface area (Å²) in [4.78, 5) is 66.9. The molecule has 1 saturated heterocycles. The van der Waals surface area contributed by atoms with Crippen molar-refractivity contribution in [1.82, 2.24) is 29.6 Å². The molecule has 1 aliphatic carbocycles. The first-order valence-corrected chi connectivity index (χ1v) is 15.4. The Morgan fingerprint density at radius 1 is 1.07 bits per heavy atom. The zero-order valence-corrected chi connectivity index (χ0v) is 27.1. The Bertz CT molecular complexity index is 1890. The first-order chi connectivity index (χ1) is 21.3. The summed E-state index contributed by atoms with van der Waals surface area (Å²) in [6.45, 7) is 8.13. The molecule has 3 atom stereocenters. The molecule has 12 nitrogen and oxygen atoms in total. The van der Waals surface area contributed by atoms with Crippen LogP contribution >= 0.6 is 15.9 Å². The minimum atomic E-state index is -0.691. The summed E-state index contributed by atoms with van der Waals surface area (Å²) in [6, 6.07) is 6.50. The topological polar surface area (TPSA) is 149 Å². The summed E-state index contributed by atoms with van der Waals surface area (Å²) < 4.78 is 7.45. The van der Waals surface area contributed by atoms with Crippen LogP contribution in [-0.4, -0.2) is 65.3 Å². The van der Waals surface area contributed by atoms with E-state index in [4.69, 9.17) is 4.74 Å². The summed E-state index contributed by atoms with van der Waals surface area (Å²) >= 11 is 3.35. The predicted molar refractivity (Wildman–Crippen MR) is 168 cm³/mol. The van der Waals surface area contributed by atoms with Crippen LogP contribution in [0.5, 0.6) is 0 Å². The van der Waals surface area contributed by atoms with Gasteiger partial charge in [0.1, 0.15) is 41.1 Å². The normalized spacial score (nSPS) is 20.2. The van der Waals surface area contributed by atoms with Crippen LogP contribution < -0.4 is 5.32 Å². The molecule has 3 aromatic heterocycles. The standard InChI is InChI=1S/C32H32BrN7O5/c1-16-6-7-26(33)36-30(16)37-31(44)24-10-32(5)11-25(32)40(24)27(43)14-39-29-21(15-45-19(4)42)8-20(22-12-34-18(3)35-13-22)9-23(29)28(38-39)17(2)41/h6-9,12-13,24-25H,10-11,14-15H2,1-5H3,(H,36,37,44)/t24-,25+,32-/m0/s1. The molecule has 4 aromatic rings. The zero-order chi connectivity index (χ0) is 32.2. The molecule has 0 bridgehead atoms. The van der Waals surface area contributed by atoms with Crippen LogP contribution in [0.3, 0.4) is 0 Å². The summed E-state index contributed by atoms with van der Waals surface area (Å²) in [5.41, 5.74) is 3.31. The van der Waals surface area contributed by atoms with Gasteiger partial charge in [-0.05, 0) is 77.4 Å². The molecule has 0 unspecified atom stereocenters. The fraction of sp³-hybridized carbons (Fsp3) is 0.375. The molecule has 1 aromatic carbocycles. The number of anilines is 1. The number of nitrogens with zero attached hydrogens (tertiary/aromatic N) is 6. The highest BCUT2D eigenvalue weighted by molar-refractivity contribution is 9.10. The Morgan fingerprint density at radius 3 is 2.49 bits per heavy atom. The van der Waals surface area contributed by atoms with E-state index in [9.17, 15) is 19.2 Å². The molecular weight excluding hydrogens is 642 g/mol. The summed E-state index contributed by atoms with van der Waals surface area (Å²) in [7, 11) is 0. The number of esters is 1. The number of pyridine rings is 1. The number of aromatic nitrogens is 5. The highest BCUT2D eigenvalue weighted by Gasteiger charge is 2.64. The van der Waals surface area contributed by atoms with E-state index in [2.05, 4.69) is 48.2 Å². The number of amides is 2. The van der Waals surface area contributed by atoms with Crippen LogP contribution in [0, 0.1) is 19.3 Å². The average molecular weight is 675 g/mol. The number of Topliss-reactive ketones (excluding diaryl/α,β-unsaturated/α-hetero) is 1. The molecule has 0 spiro atoms. The number of piperidine rings is 1. The highest BCUT2D eigenvalue weighted by Crippen LogP contribution is 2.59. The van der Waals surface area contributed by atoms with Gasteiger partial charge in [-0.3, -0.25) is 23.9 Å². The monoisotopic (exact) mass is 673 g/mol. The summed E-state index contributed by atoms with van der Waals surface area (Å²) in [5, 5.41) is 8.01. The Balaban J connectivity index is 1.37. The van der Waals surface area contributed by atoms with Crippen molar-refractivity contribution in [3.8, 4) is 11.1 Å². The van der Waals surface area contributed by atoms with Gasteiger partial charge in [-0.2, -0.15) is 5.10 Å². The first-order valence-electron chi connectivity index (χ1n) is 14.6. The summed E-state index contributed by atoms with van der Waals surface area (Å²) in [6.07, 6.45) is 4.68. The minimum Gasteiger partial charge on any atom is -0.461 e. The molecule has 13 heteroatoms. The lowest BCUT2D eigenvalue weighted by Crippen LogP contribution is -2.47. The number of aryl methyl sites for hydroxylation is 2. The number of benzene rings is 1. The Morgan fingerprint density at radius 2 is 1.80 bits per heavy atom. The third-order valence-corrected chi connectivity index (χ3v) is 9.06. The van der Waals surface area contributed by atoms with E-state index in [0.717, 1.165) is 12.0 Å². The molecule has 0 radical (unpaired) electrons. The van der Waals surface area contributed by atoms with Gasteiger partial charge in [-0.25, -0.2) is 15.0 Å². The second kappa shape index (κ2) is 11.4. The van der Waals surface area contributed by atoms with Crippen molar-refractivity contribution in [2.45, 2.75) is 72.7 Å². The molecule has 1 aliphatic heterocycles. The highest BCUT2D eigenvalue weighted by atomic mass is 79.9. The van der Waals surface area contributed by atoms with Gasteiger partial charge in [0.15, 0.2) is 5.78 Å². The van der Waals surface area contributed by atoms with E-state index in [1.54, 1.807) is 30.3 Å². The van der Waals surface area contributed by atoms with Gasteiger partial charge in [-0.15, -0.1) is 0 Å². The van der Waals surface area contributed by atoms with Crippen molar-refractivity contribution in [1.29, 1.82) is 0 Å². The van der Waals surface area contributed by atoms with Crippen LogP contribution in [-0.2, 0) is 32.3 Å². The number of hydrogen-bond acceptors (Lipinski definition) is 9. The molecule has 1 saturated carbocycles. The van der Waals surface area contributed by atoms with E-state index in [1.165, 1.54) is 18.5 Å². The Labute approximate surface area is 267 Å². The number of rotatable bonds is 8. The van der Waals surface area contributed by atoms with Gasteiger partial charge in [-0.1, -0.05) is 13.0 Å². The number of hydrogen-bond donors (Lipinski definition) is 1. The third-order valence-electron chi connectivity index (χ3n) is 8.62. The fourth-order valence-electron chi connectivity index (χ4n) is 6.18. The van der Waals surface area contributed by atoms with Crippen molar-refractivity contribution in [3.05, 3.63) is 63.9 Å². The van der Waals surface area contributed by atoms with Gasteiger partial charge in [0.2, 0.25) is 11.8 Å². The van der Waals surface area contributed by atoms with Crippen LogP contribution in [0.15, 0.2) is 41.3 Å².